The molecule has 1 heterocycles. The second-order valence-electron chi connectivity index (χ2n) is 3.64. The van der Waals surface area contributed by atoms with Gasteiger partial charge in [-0.15, -0.1) is 0 Å². The van der Waals surface area contributed by atoms with Crippen LogP contribution >= 0.6 is 11.8 Å². The zero-order valence-electron chi connectivity index (χ0n) is 9.58. The van der Waals surface area contributed by atoms with Crippen LogP contribution in [0, 0.1) is 0 Å². The molecule has 0 amide bonds. The highest BCUT2D eigenvalue weighted by Gasteiger charge is 2.04. The maximum atomic E-state index is 9.68. The minimum atomic E-state index is -0.370. The summed E-state index contributed by atoms with van der Waals surface area (Å²) in [5, 5.41) is 10.6. The third kappa shape index (κ3) is 3.28. The molecule has 0 radical (unpaired) electrons. The van der Waals surface area contributed by atoms with Gasteiger partial charge in [-0.05, 0) is 24.1 Å². The van der Waals surface area contributed by atoms with E-state index in [1.54, 1.807) is 30.4 Å². The lowest BCUT2D eigenvalue weighted by molar-refractivity contribution is 0.173. The summed E-state index contributed by atoms with van der Waals surface area (Å²) in [7, 11) is 0. The van der Waals surface area contributed by atoms with Crippen LogP contribution < -0.4 is 0 Å². The fourth-order valence-corrected chi connectivity index (χ4v) is 2.19. The van der Waals surface area contributed by atoms with Crippen LogP contribution in [0.4, 0.5) is 0 Å². The van der Waals surface area contributed by atoms with Gasteiger partial charge in [0.2, 0.25) is 0 Å². The van der Waals surface area contributed by atoms with Crippen LogP contribution in [0.3, 0.4) is 0 Å². The molecule has 0 fully saturated rings. The van der Waals surface area contributed by atoms with Crippen LogP contribution in [0.25, 0.3) is 0 Å². The van der Waals surface area contributed by atoms with Crippen LogP contribution in [0.15, 0.2) is 52.8 Å². The first kappa shape index (κ1) is 12.1. The molecule has 2 rings (SSSR count). The van der Waals surface area contributed by atoms with E-state index in [4.69, 9.17) is 0 Å². The Morgan fingerprint density at radius 3 is 2.59 bits per heavy atom. The summed E-state index contributed by atoms with van der Waals surface area (Å²) >= 11 is 1.56. The lowest BCUT2D eigenvalue weighted by Crippen LogP contribution is -1.94. The van der Waals surface area contributed by atoms with Crippen molar-refractivity contribution in [1.82, 2.24) is 9.97 Å². The topological polar surface area (TPSA) is 46.0 Å². The van der Waals surface area contributed by atoms with Crippen molar-refractivity contribution < 1.29 is 5.11 Å². The summed E-state index contributed by atoms with van der Waals surface area (Å²) in [6.07, 6.45) is 5.43. The van der Waals surface area contributed by atoms with Crippen molar-refractivity contribution in [3.63, 3.8) is 0 Å². The average Bonchev–Trinajstić information content (AvgIpc) is 2.40. The standard InChI is InChI=1S/C13H14N2OS/c1-2-12(16)10-3-5-11(6-4-10)17-13-9-14-7-8-15-13/h3-9,12,16H,2H2,1H3/t12-/m1/s1. The first-order chi connectivity index (χ1) is 8.29. The van der Waals surface area contributed by atoms with E-state index in [1.165, 1.54) is 0 Å². The predicted molar refractivity (Wildman–Crippen MR) is 67.8 cm³/mol. The maximum Gasteiger partial charge on any atom is 0.119 e. The van der Waals surface area contributed by atoms with Crippen molar-refractivity contribution in [1.29, 1.82) is 0 Å². The molecule has 4 heteroatoms. The Hall–Kier alpha value is -1.39. The molecule has 0 unspecified atom stereocenters. The van der Waals surface area contributed by atoms with Gasteiger partial charge in [0, 0.05) is 17.3 Å². The third-order valence-electron chi connectivity index (χ3n) is 2.41. The second kappa shape index (κ2) is 5.80. The summed E-state index contributed by atoms with van der Waals surface area (Å²) in [5.74, 6) is 0. The van der Waals surface area contributed by atoms with Crippen LogP contribution in [0.1, 0.15) is 25.0 Å². The summed E-state index contributed by atoms with van der Waals surface area (Å²) in [6.45, 7) is 1.97. The van der Waals surface area contributed by atoms with Crippen molar-refractivity contribution in [3.05, 3.63) is 48.4 Å². The van der Waals surface area contributed by atoms with Crippen LogP contribution in [0.2, 0.25) is 0 Å². The minimum absolute atomic E-state index is 0.370. The molecule has 2 aromatic rings. The zero-order chi connectivity index (χ0) is 12.1. The van der Waals surface area contributed by atoms with E-state index in [0.29, 0.717) is 0 Å². The van der Waals surface area contributed by atoms with E-state index in [-0.39, 0.29) is 6.10 Å². The molecule has 0 saturated carbocycles. The molecule has 0 aliphatic heterocycles. The molecule has 0 bridgehead atoms. The smallest absolute Gasteiger partial charge is 0.119 e. The lowest BCUT2D eigenvalue weighted by atomic mass is 10.1. The van der Waals surface area contributed by atoms with Crippen molar-refractivity contribution in [2.75, 3.05) is 0 Å². The zero-order valence-corrected chi connectivity index (χ0v) is 10.4. The Bertz CT molecular complexity index is 459. The van der Waals surface area contributed by atoms with Crippen LogP contribution in [-0.2, 0) is 0 Å². The van der Waals surface area contributed by atoms with Gasteiger partial charge in [0.15, 0.2) is 0 Å². The normalized spacial score (nSPS) is 12.4. The fourth-order valence-electron chi connectivity index (χ4n) is 1.45. The van der Waals surface area contributed by atoms with Gasteiger partial charge < -0.3 is 5.11 Å². The largest absolute Gasteiger partial charge is 0.388 e. The number of hydrogen-bond donors (Lipinski definition) is 1. The Morgan fingerprint density at radius 1 is 1.24 bits per heavy atom. The predicted octanol–water partition coefficient (Wildman–Crippen LogP) is 3.07. The quantitative estimate of drug-likeness (QED) is 0.900. The molecule has 0 spiro atoms. The van der Waals surface area contributed by atoms with Gasteiger partial charge in [-0.1, -0.05) is 30.8 Å². The number of hydrogen-bond acceptors (Lipinski definition) is 4. The molecule has 1 N–H and O–H groups in total. The monoisotopic (exact) mass is 246 g/mol. The highest BCUT2D eigenvalue weighted by molar-refractivity contribution is 7.99. The molecule has 1 aromatic heterocycles. The van der Waals surface area contributed by atoms with Crippen molar-refractivity contribution in [2.45, 2.75) is 29.4 Å². The van der Waals surface area contributed by atoms with Gasteiger partial charge in [0.1, 0.15) is 5.03 Å². The average molecular weight is 246 g/mol. The Balaban J connectivity index is 2.08. The second-order valence-corrected chi connectivity index (χ2v) is 4.73. The summed E-state index contributed by atoms with van der Waals surface area (Å²) in [6, 6.07) is 7.89. The molecule has 0 aliphatic carbocycles. The molecule has 1 aromatic carbocycles. The number of nitrogens with zero attached hydrogens (tertiary/aromatic N) is 2. The summed E-state index contributed by atoms with van der Waals surface area (Å²) < 4.78 is 0. The van der Waals surface area contributed by atoms with Gasteiger partial charge in [-0.25, -0.2) is 4.98 Å². The van der Waals surface area contributed by atoms with Crippen LogP contribution in [-0.4, -0.2) is 15.1 Å². The number of rotatable bonds is 4. The first-order valence-electron chi connectivity index (χ1n) is 5.51. The van der Waals surface area contributed by atoms with Gasteiger partial charge in [-0.3, -0.25) is 4.98 Å². The molecule has 0 aliphatic rings. The lowest BCUT2D eigenvalue weighted by Gasteiger charge is -2.08. The summed E-state index contributed by atoms with van der Waals surface area (Å²) in [4.78, 5) is 9.31. The highest BCUT2D eigenvalue weighted by atomic mass is 32.2. The molecule has 0 saturated heterocycles. The number of benzene rings is 1. The Kier molecular flexibility index (Phi) is 4.12. The Morgan fingerprint density at radius 2 is 2.00 bits per heavy atom. The van der Waals surface area contributed by atoms with Gasteiger partial charge >= 0.3 is 0 Å². The fraction of sp³-hybridized carbons (Fsp3) is 0.231. The Labute approximate surface area is 105 Å². The molecule has 88 valence electrons. The number of aliphatic hydroxyl groups excluding tert-OH is 1. The third-order valence-corrected chi connectivity index (χ3v) is 3.34. The first-order valence-corrected chi connectivity index (χ1v) is 6.33. The van der Waals surface area contributed by atoms with E-state index < -0.39 is 0 Å². The van der Waals surface area contributed by atoms with Crippen molar-refractivity contribution in [3.8, 4) is 0 Å². The van der Waals surface area contributed by atoms with E-state index in [1.807, 2.05) is 31.2 Å². The summed E-state index contributed by atoms with van der Waals surface area (Å²) in [5.41, 5.74) is 0.955. The van der Waals surface area contributed by atoms with Crippen molar-refractivity contribution in [2.24, 2.45) is 0 Å². The van der Waals surface area contributed by atoms with Gasteiger partial charge in [-0.2, -0.15) is 0 Å². The number of aromatic nitrogens is 2. The van der Waals surface area contributed by atoms with E-state index in [0.717, 1.165) is 21.9 Å². The molecule has 17 heavy (non-hydrogen) atoms. The van der Waals surface area contributed by atoms with Gasteiger partial charge in [0.05, 0.1) is 12.3 Å². The van der Waals surface area contributed by atoms with Gasteiger partial charge in [0.25, 0.3) is 0 Å². The number of aliphatic hydroxyl groups is 1. The molecule has 1 atom stereocenters. The van der Waals surface area contributed by atoms with E-state index >= 15 is 0 Å². The maximum absolute atomic E-state index is 9.68. The molecular weight excluding hydrogens is 232 g/mol. The van der Waals surface area contributed by atoms with Crippen molar-refractivity contribution >= 4 is 11.8 Å². The molecular formula is C13H14N2OS. The van der Waals surface area contributed by atoms with E-state index in [9.17, 15) is 5.11 Å². The van der Waals surface area contributed by atoms with Crippen LogP contribution in [0.5, 0.6) is 0 Å². The minimum Gasteiger partial charge on any atom is -0.388 e. The molecule has 3 nitrogen and oxygen atoms in total. The highest BCUT2D eigenvalue weighted by Crippen LogP contribution is 2.26. The van der Waals surface area contributed by atoms with E-state index in [2.05, 4.69) is 9.97 Å². The SMILES string of the molecule is CC[C@@H](O)c1ccc(Sc2cnccn2)cc1.